The third-order valence-corrected chi connectivity index (χ3v) is 6.88. The molecule has 4 aromatic carbocycles. The first kappa shape index (κ1) is 21.3. The lowest BCUT2D eigenvalue weighted by Crippen LogP contribution is -2.11. The number of carbonyl (C=O) groups is 1. The zero-order valence-corrected chi connectivity index (χ0v) is 19.4. The van der Waals surface area contributed by atoms with Crippen LogP contribution in [-0.4, -0.2) is 10.5 Å². The second-order valence-electron chi connectivity index (χ2n) is 9.04. The summed E-state index contributed by atoms with van der Waals surface area (Å²) in [5, 5.41) is 4.57. The molecule has 2 N–H and O–H groups in total. The predicted octanol–water partition coefficient (Wildman–Crippen LogP) is 7.14. The molecule has 1 aromatic heterocycles. The average molecular weight is 435 g/mol. The molecule has 0 aliphatic carbocycles. The number of aryl methyl sites for hydroxylation is 2. The van der Waals surface area contributed by atoms with Gasteiger partial charge in [0.2, 0.25) is 5.91 Å². The van der Waals surface area contributed by atoms with E-state index in [0.717, 1.165) is 29.3 Å². The lowest BCUT2D eigenvalue weighted by Gasteiger charge is -2.14. The second-order valence-corrected chi connectivity index (χ2v) is 9.04. The van der Waals surface area contributed by atoms with Gasteiger partial charge in [0, 0.05) is 28.4 Å². The Morgan fingerprint density at radius 1 is 0.879 bits per heavy atom. The first-order chi connectivity index (χ1) is 16.1. The van der Waals surface area contributed by atoms with E-state index < -0.39 is 0 Å². The zero-order valence-electron chi connectivity index (χ0n) is 19.4. The van der Waals surface area contributed by atoms with Gasteiger partial charge in [0.15, 0.2) is 0 Å². The molecular weight excluding hydrogens is 404 g/mol. The van der Waals surface area contributed by atoms with E-state index in [1.165, 1.54) is 52.2 Å². The van der Waals surface area contributed by atoms with Crippen LogP contribution in [0.2, 0.25) is 0 Å². The molecular formula is C30H30N2O. The Bertz CT molecular complexity index is 1490. The minimum absolute atomic E-state index is 0.381. The van der Waals surface area contributed by atoms with E-state index in [9.17, 15) is 4.79 Å². The maximum absolute atomic E-state index is 12.3. The molecule has 0 aliphatic rings. The van der Waals surface area contributed by atoms with Gasteiger partial charge in [-0.3, -0.25) is 4.79 Å². The molecule has 166 valence electrons. The summed E-state index contributed by atoms with van der Waals surface area (Å²) in [4.78, 5) is 12.3. The van der Waals surface area contributed by atoms with Crippen LogP contribution >= 0.6 is 0 Å². The van der Waals surface area contributed by atoms with Crippen molar-refractivity contribution in [2.24, 2.45) is 5.73 Å². The van der Waals surface area contributed by atoms with Crippen LogP contribution in [0, 0.1) is 6.92 Å². The van der Waals surface area contributed by atoms with E-state index in [2.05, 4.69) is 79.1 Å². The van der Waals surface area contributed by atoms with Crippen molar-refractivity contribution < 1.29 is 4.79 Å². The highest BCUT2D eigenvalue weighted by atomic mass is 16.1. The number of amides is 1. The van der Waals surface area contributed by atoms with Crippen molar-refractivity contribution in [1.82, 2.24) is 4.57 Å². The largest absolute Gasteiger partial charge is 0.366 e. The molecule has 33 heavy (non-hydrogen) atoms. The number of carbonyl (C=O) groups excluding carboxylic acids is 1. The van der Waals surface area contributed by atoms with Crippen molar-refractivity contribution in [1.29, 1.82) is 0 Å². The van der Waals surface area contributed by atoms with Crippen molar-refractivity contribution >= 4 is 38.5 Å². The smallest absolute Gasteiger partial charge is 0.249 e. The van der Waals surface area contributed by atoms with Crippen LogP contribution in [0.15, 0.2) is 72.8 Å². The van der Waals surface area contributed by atoms with Crippen LogP contribution in [0.5, 0.6) is 0 Å². The van der Waals surface area contributed by atoms with Gasteiger partial charge in [-0.25, -0.2) is 0 Å². The van der Waals surface area contributed by atoms with Gasteiger partial charge < -0.3 is 10.3 Å². The molecule has 1 amide bonds. The van der Waals surface area contributed by atoms with Gasteiger partial charge in [-0.1, -0.05) is 74.4 Å². The van der Waals surface area contributed by atoms with Crippen molar-refractivity contribution in [3.05, 3.63) is 95.1 Å². The molecule has 0 saturated carbocycles. The quantitative estimate of drug-likeness (QED) is 0.272. The van der Waals surface area contributed by atoms with Crippen molar-refractivity contribution in [3.8, 4) is 0 Å². The predicted molar refractivity (Wildman–Crippen MR) is 139 cm³/mol. The first-order valence-electron chi connectivity index (χ1n) is 11.9. The van der Waals surface area contributed by atoms with Crippen molar-refractivity contribution in [3.63, 3.8) is 0 Å². The lowest BCUT2D eigenvalue weighted by atomic mass is 9.99. The molecule has 0 radical (unpaired) electrons. The number of hydrogen-bond donors (Lipinski definition) is 1. The molecule has 0 atom stereocenters. The molecule has 3 heteroatoms. The van der Waals surface area contributed by atoms with Crippen LogP contribution < -0.4 is 5.73 Å². The number of primary amides is 1. The van der Waals surface area contributed by atoms with E-state index in [0.29, 0.717) is 5.56 Å². The van der Waals surface area contributed by atoms with Gasteiger partial charge in [0.1, 0.15) is 0 Å². The Morgan fingerprint density at radius 2 is 1.73 bits per heavy atom. The Morgan fingerprint density at radius 3 is 2.55 bits per heavy atom. The monoisotopic (exact) mass is 434 g/mol. The molecule has 3 nitrogen and oxygen atoms in total. The minimum atomic E-state index is -0.381. The van der Waals surface area contributed by atoms with Crippen LogP contribution in [-0.2, 0) is 13.0 Å². The Balaban J connectivity index is 1.76. The first-order valence-corrected chi connectivity index (χ1v) is 11.9. The molecule has 0 aliphatic heterocycles. The standard InChI is InChI=1S/C30H30N2O/c1-3-4-5-9-21-15-17-24-28(18-21)32(27-13-8-12-25(29(24)27)30(31)33)19-26-20(2)14-16-22-10-6-7-11-23(22)26/h6-8,10-18H,3-5,9,19H2,1-2H3,(H2,31,33). The number of fused-ring (bicyclic) bond motifs is 4. The molecule has 5 rings (SSSR count). The van der Waals surface area contributed by atoms with E-state index in [4.69, 9.17) is 5.73 Å². The lowest BCUT2D eigenvalue weighted by molar-refractivity contribution is 0.100. The summed E-state index contributed by atoms with van der Waals surface area (Å²) in [7, 11) is 0. The van der Waals surface area contributed by atoms with Gasteiger partial charge in [-0.15, -0.1) is 0 Å². The van der Waals surface area contributed by atoms with Gasteiger partial charge in [-0.2, -0.15) is 0 Å². The highest BCUT2D eigenvalue weighted by molar-refractivity contribution is 6.18. The molecule has 0 bridgehead atoms. The van der Waals surface area contributed by atoms with Gasteiger partial charge in [0.05, 0.1) is 5.52 Å². The molecule has 5 aromatic rings. The van der Waals surface area contributed by atoms with Crippen LogP contribution in [0.25, 0.3) is 32.6 Å². The van der Waals surface area contributed by atoms with Crippen LogP contribution in [0.3, 0.4) is 0 Å². The highest BCUT2D eigenvalue weighted by Crippen LogP contribution is 2.34. The Kier molecular flexibility index (Phi) is 5.63. The maximum Gasteiger partial charge on any atom is 0.249 e. The highest BCUT2D eigenvalue weighted by Gasteiger charge is 2.18. The van der Waals surface area contributed by atoms with Crippen molar-refractivity contribution in [2.45, 2.75) is 46.1 Å². The number of nitrogens with two attached hydrogens (primary N) is 1. The summed E-state index contributed by atoms with van der Waals surface area (Å²) in [6.45, 7) is 5.16. The summed E-state index contributed by atoms with van der Waals surface area (Å²) in [5.74, 6) is -0.381. The normalized spacial score (nSPS) is 11.6. The number of hydrogen-bond acceptors (Lipinski definition) is 1. The third kappa shape index (κ3) is 3.78. The summed E-state index contributed by atoms with van der Waals surface area (Å²) in [6.07, 6.45) is 4.71. The Hall–Kier alpha value is -3.59. The number of rotatable bonds is 7. The molecule has 1 heterocycles. The molecule has 0 unspecified atom stereocenters. The van der Waals surface area contributed by atoms with E-state index in [1.54, 1.807) is 0 Å². The summed E-state index contributed by atoms with van der Waals surface area (Å²) >= 11 is 0. The second kappa shape index (κ2) is 8.74. The van der Waals surface area contributed by atoms with Crippen LogP contribution in [0.1, 0.15) is 53.2 Å². The van der Waals surface area contributed by atoms with Crippen molar-refractivity contribution in [2.75, 3.05) is 0 Å². The fourth-order valence-electron chi connectivity index (χ4n) is 5.11. The van der Waals surface area contributed by atoms with Crippen LogP contribution in [0.4, 0.5) is 0 Å². The summed E-state index contributed by atoms with van der Waals surface area (Å²) in [5.41, 5.74) is 12.5. The fraction of sp³-hybridized carbons (Fsp3) is 0.233. The van der Waals surface area contributed by atoms with E-state index in [-0.39, 0.29) is 5.91 Å². The van der Waals surface area contributed by atoms with E-state index >= 15 is 0 Å². The van der Waals surface area contributed by atoms with Gasteiger partial charge >= 0.3 is 0 Å². The average Bonchev–Trinajstić information content (AvgIpc) is 3.14. The molecule has 0 saturated heterocycles. The minimum Gasteiger partial charge on any atom is -0.366 e. The topological polar surface area (TPSA) is 48.0 Å². The zero-order chi connectivity index (χ0) is 22.9. The number of benzene rings is 4. The summed E-state index contributed by atoms with van der Waals surface area (Å²) in [6, 6.07) is 25.6. The fourth-order valence-corrected chi connectivity index (χ4v) is 5.11. The van der Waals surface area contributed by atoms with Gasteiger partial charge in [-0.05, 0) is 65.4 Å². The SMILES string of the molecule is CCCCCc1ccc2c3c(C(N)=O)cccc3n(Cc3c(C)ccc4ccccc34)c2c1. The third-order valence-electron chi connectivity index (χ3n) is 6.88. The maximum atomic E-state index is 12.3. The number of unbranched alkanes of at least 4 members (excludes halogenated alkanes) is 2. The molecule has 0 fully saturated rings. The number of aromatic nitrogens is 1. The molecule has 0 spiro atoms. The Labute approximate surface area is 194 Å². The summed E-state index contributed by atoms with van der Waals surface area (Å²) < 4.78 is 2.37. The van der Waals surface area contributed by atoms with Gasteiger partial charge in [0.25, 0.3) is 0 Å². The van der Waals surface area contributed by atoms with E-state index in [1.807, 2.05) is 12.1 Å². The number of nitrogens with zero attached hydrogens (tertiary/aromatic N) is 1.